The summed E-state index contributed by atoms with van der Waals surface area (Å²) in [5, 5.41) is 60.4. The van der Waals surface area contributed by atoms with Gasteiger partial charge in [0.2, 0.25) is 0 Å². The van der Waals surface area contributed by atoms with Crippen molar-refractivity contribution in [3.63, 3.8) is 0 Å². The topological polar surface area (TPSA) is 172 Å². The molecule has 0 aliphatic heterocycles. The predicted octanol–water partition coefficient (Wildman–Crippen LogP) is 12.4. The minimum Gasteiger partial charge on any atom is -0.508 e. The Kier molecular flexibility index (Phi) is 13.6. The van der Waals surface area contributed by atoms with Gasteiger partial charge in [0.25, 0.3) is 0 Å². The lowest BCUT2D eigenvalue weighted by Gasteiger charge is -2.64. The Morgan fingerprint density at radius 2 is 1.45 bits per heavy atom. The number of esters is 2. The van der Waals surface area contributed by atoms with Gasteiger partial charge in [-0.25, -0.2) is 0 Å². The molecule has 4 saturated carbocycles. The quantitative estimate of drug-likeness (QED) is 0.0739. The lowest BCUT2D eigenvalue weighted by Crippen LogP contribution is -2.62. The molecule has 0 spiro atoms. The lowest BCUT2D eigenvalue weighted by molar-refractivity contribution is -0.179. The van der Waals surface area contributed by atoms with Gasteiger partial charge >= 0.3 is 11.9 Å². The van der Waals surface area contributed by atoms with E-state index in [1.165, 1.54) is 14.0 Å². The predicted molar refractivity (Wildman–Crippen MR) is 299 cm³/mol. The van der Waals surface area contributed by atoms with E-state index in [-0.39, 0.29) is 59.2 Å². The average Bonchev–Trinajstić information content (AvgIpc) is 4.19. The van der Waals surface area contributed by atoms with Gasteiger partial charge in [-0.15, -0.1) is 0 Å². The number of benzene rings is 6. The second kappa shape index (κ2) is 20.4. The van der Waals surface area contributed by atoms with Gasteiger partial charge in [-0.1, -0.05) is 104 Å². The molecule has 0 radical (unpaired) electrons. The molecule has 12 rings (SSSR count). The number of hydrogen-bond donors (Lipinski definition) is 5. The van der Waals surface area contributed by atoms with Crippen LogP contribution in [-0.2, 0) is 37.3 Å². The summed E-state index contributed by atoms with van der Waals surface area (Å²) in [5.41, 5.74) is 4.58. The van der Waals surface area contributed by atoms with Gasteiger partial charge in [-0.3, -0.25) is 9.59 Å². The number of phenolic OH excluding ortho intramolecular Hbond substituents is 3. The van der Waals surface area contributed by atoms with Crippen molar-refractivity contribution in [1.82, 2.24) is 0 Å². The average molecular weight is 1050 g/mol. The largest absolute Gasteiger partial charge is 0.508 e. The van der Waals surface area contributed by atoms with Crippen molar-refractivity contribution >= 4 is 28.8 Å². The van der Waals surface area contributed by atoms with Crippen LogP contribution in [0, 0.1) is 29.1 Å². The third-order valence-electron chi connectivity index (χ3n) is 19.9. The van der Waals surface area contributed by atoms with Crippen molar-refractivity contribution in [2.75, 3.05) is 14.2 Å². The molecule has 11 heteroatoms. The first-order chi connectivity index (χ1) is 37.7. The maximum Gasteiger partial charge on any atom is 0.317 e. The van der Waals surface area contributed by atoms with Crippen LogP contribution in [0.25, 0.3) is 28.0 Å². The van der Waals surface area contributed by atoms with E-state index in [0.717, 1.165) is 93.8 Å². The Morgan fingerprint density at radius 3 is 2.19 bits per heavy atom. The summed E-state index contributed by atoms with van der Waals surface area (Å²) in [6, 6.07) is 37.2. The van der Waals surface area contributed by atoms with Crippen molar-refractivity contribution < 1.29 is 54.1 Å². The monoisotopic (exact) mass is 1050 g/mol. The Labute approximate surface area is 456 Å². The van der Waals surface area contributed by atoms with Crippen LogP contribution < -0.4 is 9.47 Å². The number of aliphatic hydroxyl groups excluding tert-OH is 1. The molecule has 0 heterocycles. The molecule has 78 heavy (non-hydrogen) atoms. The minimum absolute atomic E-state index is 0.00556. The Bertz CT molecular complexity index is 3270. The molecule has 406 valence electrons. The molecule has 5 N–H and O–H groups in total. The van der Waals surface area contributed by atoms with Gasteiger partial charge in [0.15, 0.2) is 23.0 Å². The van der Waals surface area contributed by atoms with Crippen molar-refractivity contribution in [2.45, 2.75) is 138 Å². The van der Waals surface area contributed by atoms with Gasteiger partial charge in [0, 0.05) is 24.7 Å². The van der Waals surface area contributed by atoms with Crippen LogP contribution in [0.15, 0.2) is 121 Å². The Morgan fingerprint density at radius 1 is 0.731 bits per heavy atom. The standard InChI is InChI=1S/C67H72O11/c1-39(68)77-60-35-48(78-64(73)66(24-12-17-45(66)21-25-65(74)22-10-11-23-65)46-19-18-42-27-47(69)33-50(49(42)32-46)41-15-8-5-9-16-41)34-53-51-37-62(76-3)58(71)30-43(51)28-54-57(70)38-55-52-36-59(72)61(75-2)31-44(52)29-56(60)67(55,63(53)54)26-20-40-13-6-4-7-14-40/h4-9,13-16,18-20,26-27,30-33,36-37,45,48,53-57,60,63,69-72,74H,10-12,17,21-25,28-29,34-35,38H2,1-3H3/b26-20+/t45-,48-,53+,54+,55-,56+,57-,60+,63-,66+,67+/m0/s1. The van der Waals surface area contributed by atoms with E-state index in [1.807, 2.05) is 72.8 Å². The highest BCUT2D eigenvalue weighted by atomic mass is 16.6. The van der Waals surface area contributed by atoms with Crippen molar-refractivity contribution in [2.24, 2.45) is 29.1 Å². The molecule has 0 bridgehead atoms. The summed E-state index contributed by atoms with van der Waals surface area (Å²) in [5.74, 6) is -1.97. The first kappa shape index (κ1) is 51.9. The zero-order chi connectivity index (χ0) is 54.1. The molecule has 4 fully saturated rings. The third kappa shape index (κ3) is 8.89. The van der Waals surface area contributed by atoms with Crippen LogP contribution in [0.1, 0.15) is 129 Å². The van der Waals surface area contributed by atoms with Gasteiger partial charge in [-0.2, -0.15) is 0 Å². The summed E-state index contributed by atoms with van der Waals surface area (Å²) < 4.78 is 25.6. The number of phenols is 3. The summed E-state index contributed by atoms with van der Waals surface area (Å²) in [6.45, 7) is 1.44. The van der Waals surface area contributed by atoms with Crippen LogP contribution in [-0.4, -0.2) is 75.6 Å². The number of hydrogen-bond acceptors (Lipinski definition) is 11. The van der Waals surface area contributed by atoms with Gasteiger partial charge in [-0.05, 0) is 192 Å². The highest BCUT2D eigenvalue weighted by Gasteiger charge is 2.66. The first-order valence-corrected chi connectivity index (χ1v) is 28.4. The number of carbonyl (C=O) groups is 2. The summed E-state index contributed by atoms with van der Waals surface area (Å²) >= 11 is 0. The summed E-state index contributed by atoms with van der Waals surface area (Å²) in [6.07, 6.45) is 10.6. The molecule has 11 nitrogen and oxygen atoms in total. The fourth-order valence-electron chi connectivity index (χ4n) is 16.6. The number of carbonyl (C=O) groups excluding carboxylic acids is 2. The maximum absolute atomic E-state index is 16.4. The molecule has 6 aromatic carbocycles. The Hall–Kier alpha value is -6.82. The van der Waals surface area contributed by atoms with E-state index in [1.54, 1.807) is 31.4 Å². The molecule has 11 atom stereocenters. The molecule has 0 amide bonds. The van der Waals surface area contributed by atoms with Crippen LogP contribution in [0.3, 0.4) is 0 Å². The second-order valence-corrected chi connectivity index (χ2v) is 23.8. The highest BCUT2D eigenvalue weighted by Crippen LogP contribution is 2.70. The zero-order valence-corrected chi connectivity index (χ0v) is 44.9. The van der Waals surface area contributed by atoms with Crippen LogP contribution in [0.4, 0.5) is 0 Å². The molecule has 6 aliphatic carbocycles. The molecular weight excluding hydrogens is 981 g/mol. The maximum atomic E-state index is 16.4. The fourth-order valence-corrected chi connectivity index (χ4v) is 16.6. The zero-order valence-electron chi connectivity index (χ0n) is 44.9. The molecule has 6 aromatic rings. The van der Waals surface area contributed by atoms with Crippen LogP contribution in [0.2, 0.25) is 0 Å². The van der Waals surface area contributed by atoms with E-state index in [2.05, 4.69) is 30.4 Å². The normalized spacial score (nSPS) is 29.6. The Balaban J connectivity index is 1.04. The SMILES string of the molecule is COc1cc2c(cc1O)[C@@H]1C[C@H](O)[C@H]3Cc4cc(O)c(OC)cc4[C@H]4C[C@H](OC(=O)[C@]5(c6ccc7cc(O)cc(-c8ccccc8)c7c6)CCC[C@H]5CCC5(O)CCCC5)C[C@@H](OC(C)=O)[C@@H](C2)[C@]1(/C=C/c1ccccc1)[C@H]34. The van der Waals surface area contributed by atoms with Crippen molar-refractivity contribution in [3.05, 3.63) is 155 Å². The van der Waals surface area contributed by atoms with E-state index < -0.39 is 46.6 Å². The second-order valence-electron chi connectivity index (χ2n) is 23.8. The van der Waals surface area contributed by atoms with E-state index in [4.69, 9.17) is 18.9 Å². The van der Waals surface area contributed by atoms with Crippen molar-refractivity contribution in [1.29, 1.82) is 0 Å². The number of aliphatic hydroxyl groups is 2. The number of aromatic hydroxyl groups is 3. The molecule has 0 unspecified atom stereocenters. The fraction of sp³-hybridized carbons (Fsp3) is 0.433. The van der Waals surface area contributed by atoms with Gasteiger partial charge < -0.3 is 44.5 Å². The van der Waals surface area contributed by atoms with Gasteiger partial charge in [0.1, 0.15) is 18.0 Å². The smallest absolute Gasteiger partial charge is 0.317 e. The number of allylic oxidation sites excluding steroid dienone is 1. The summed E-state index contributed by atoms with van der Waals surface area (Å²) in [7, 11) is 3.07. The minimum atomic E-state index is -1.12. The molecule has 0 saturated heterocycles. The third-order valence-corrected chi connectivity index (χ3v) is 19.9. The molecular formula is C67H72O11. The number of methoxy groups -OCH3 is 2. The van der Waals surface area contributed by atoms with Crippen LogP contribution >= 0.6 is 0 Å². The highest BCUT2D eigenvalue weighted by molar-refractivity contribution is 5.99. The number of ether oxygens (including phenoxy) is 4. The van der Waals surface area contributed by atoms with Crippen LogP contribution in [0.5, 0.6) is 28.7 Å². The van der Waals surface area contributed by atoms with Gasteiger partial charge in [0.05, 0.1) is 31.3 Å². The lowest BCUT2D eigenvalue weighted by atomic mass is 9.40. The number of rotatable bonds is 12. The first-order valence-electron chi connectivity index (χ1n) is 28.4. The number of fused-ring (bicyclic) bond motifs is 5. The van der Waals surface area contributed by atoms with E-state index in [0.29, 0.717) is 56.4 Å². The summed E-state index contributed by atoms with van der Waals surface area (Å²) in [4.78, 5) is 30.2. The molecule has 0 aromatic heterocycles. The van der Waals surface area contributed by atoms with Crippen molar-refractivity contribution in [3.8, 4) is 39.9 Å². The van der Waals surface area contributed by atoms with E-state index >= 15 is 4.79 Å². The molecule has 6 aliphatic rings. The van der Waals surface area contributed by atoms with E-state index in [9.17, 15) is 30.3 Å².